The third kappa shape index (κ3) is 2.44. The van der Waals surface area contributed by atoms with Gasteiger partial charge in [0, 0.05) is 23.4 Å². The Kier molecular flexibility index (Phi) is 3.29. The summed E-state index contributed by atoms with van der Waals surface area (Å²) in [5.41, 5.74) is 3.52. The molecule has 2 aromatic rings. The summed E-state index contributed by atoms with van der Waals surface area (Å²) in [5, 5.41) is 7.52. The third-order valence-corrected chi connectivity index (χ3v) is 3.20. The van der Waals surface area contributed by atoms with Gasteiger partial charge in [-0.05, 0) is 46.6 Å². The predicted molar refractivity (Wildman–Crippen MR) is 69.4 cm³/mol. The van der Waals surface area contributed by atoms with Crippen molar-refractivity contribution in [2.45, 2.75) is 13.5 Å². The summed E-state index contributed by atoms with van der Waals surface area (Å²) < 4.78 is 2.96. The fourth-order valence-corrected chi connectivity index (χ4v) is 1.92. The van der Waals surface area contributed by atoms with Crippen LogP contribution in [0.4, 0.5) is 5.69 Å². The first-order valence-corrected chi connectivity index (χ1v) is 5.93. The molecule has 0 aliphatic heterocycles. The Hall–Kier alpha value is -1.29. The molecule has 16 heavy (non-hydrogen) atoms. The van der Waals surface area contributed by atoms with Gasteiger partial charge in [0.2, 0.25) is 0 Å². The first-order valence-electron chi connectivity index (χ1n) is 5.14. The van der Waals surface area contributed by atoms with Gasteiger partial charge in [0.05, 0.1) is 12.2 Å². The molecule has 0 aliphatic carbocycles. The molecule has 0 saturated heterocycles. The molecule has 2 rings (SSSR count). The van der Waals surface area contributed by atoms with Gasteiger partial charge in [-0.15, -0.1) is 0 Å². The quantitative estimate of drug-likeness (QED) is 0.936. The van der Waals surface area contributed by atoms with Gasteiger partial charge in [-0.1, -0.05) is 6.07 Å². The Morgan fingerprint density at radius 2 is 2.19 bits per heavy atom. The van der Waals surface area contributed by atoms with E-state index in [1.54, 1.807) is 0 Å². The zero-order chi connectivity index (χ0) is 11.5. The lowest BCUT2D eigenvalue weighted by atomic mass is 10.2. The minimum absolute atomic E-state index is 0.776. The molecule has 0 atom stereocenters. The Labute approximate surface area is 104 Å². The highest BCUT2D eigenvalue weighted by Gasteiger charge is 2.01. The summed E-state index contributed by atoms with van der Waals surface area (Å²) in [4.78, 5) is 0. The molecule has 0 fully saturated rings. The van der Waals surface area contributed by atoms with E-state index in [9.17, 15) is 0 Å². The molecule has 0 unspecified atom stereocenters. The van der Waals surface area contributed by atoms with Crippen molar-refractivity contribution in [1.82, 2.24) is 9.78 Å². The number of halogens is 1. The predicted octanol–water partition coefficient (Wildman–Crippen LogP) is 3.10. The second-order valence-corrected chi connectivity index (χ2v) is 4.64. The lowest BCUT2D eigenvalue weighted by Gasteiger charge is -2.09. The van der Waals surface area contributed by atoms with E-state index in [1.807, 2.05) is 24.0 Å². The number of aryl methyl sites for hydroxylation is 2. The van der Waals surface area contributed by atoms with Crippen molar-refractivity contribution >= 4 is 21.6 Å². The van der Waals surface area contributed by atoms with Gasteiger partial charge >= 0.3 is 0 Å². The van der Waals surface area contributed by atoms with Crippen LogP contribution >= 0.6 is 15.9 Å². The highest BCUT2D eigenvalue weighted by Crippen LogP contribution is 2.23. The van der Waals surface area contributed by atoms with Crippen molar-refractivity contribution < 1.29 is 0 Å². The number of nitrogens with one attached hydrogen (secondary N) is 1. The third-order valence-electron chi connectivity index (χ3n) is 2.50. The minimum Gasteiger partial charge on any atom is -0.378 e. The van der Waals surface area contributed by atoms with Crippen molar-refractivity contribution in [3.63, 3.8) is 0 Å². The standard InChI is InChI=1S/C12H14BrN3/c1-9-3-4-11(13)12(7-9)14-8-10-5-6-15-16(10)2/h3-7,14H,8H2,1-2H3. The zero-order valence-electron chi connectivity index (χ0n) is 9.37. The molecular weight excluding hydrogens is 266 g/mol. The van der Waals surface area contributed by atoms with E-state index in [-0.39, 0.29) is 0 Å². The van der Waals surface area contributed by atoms with Gasteiger partial charge in [-0.2, -0.15) is 5.10 Å². The second-order valence-electron chi connectivity index (χ2n) is 3.78. The lowest BCUT2D eigenvalue weighted by molar-refractivity contribution is 0.720. The topological polar surface area (TPSA) is 29.9 Å². The number of nitrogens with zero attached hydrogens (tertiary/aromatic N) is 2. The Bertz CT molecular complexity index is 491. The van der Waals surface area contributed by atoms with Gasteiger partial charge in [-0.25, -0.2) is 0 Å². The normalized spacial score (nSPS) is 10.4. The van der Waals surface area contributed by atoms with Crippen molar-refractivity contribution in [3.8, 4) is 0 Å². The summed E-state index contributed by atoms with van der Waals surface area (Å²) in [6.07, 6.45) is 1.81. The van der Waals surface area contributed by atoms with Gasteiger partial charge in [0.25, 0.3) is 0 Å². The molecule has 1 heterocycles. The first kappa shape index (κ1) is 11.2. The average molecular weight is 280 g/mol. The van der Waals surface area contributed by atoms with Crippen molar-refractivity contribution in [2.24, 2.45) is 7.05 Å². The van der Waals surface area contributed by atoms with Crippen LogP contribution in [0.5, 0.6) is 0 Å². The smallest absolute Gasteiger partial charge is 0.0571 e. The highest BCUT2D eigenvalue weighted by atomic mass is 79.9. The molecule has 0 aliphatic rings. The number of anilines is 1. The molecule has 3 nitrogen and oxygen atoms in total. The number of aromatic nitrogens is 2. The SMILES string of the molecule is Cc1ccc(Br)c(NCc2ccnn2C)c1. The molecular formula is C12H14BrN3. The number of benzene rings is 1. The van der Waals surface area contributed by atoms with Crippen LogP contribution in [0.25, 0.3) is 0 Å². The van der Waals surface area contributed by atoms with Gasteiger partial charge < -0.3 is 5.32 Å². The van der Waals surface area contributed by atoms with Crippen LogP contribution in [-0.2, 0) is 13.6 Å². The average Bonchev–Trinajstić information content (AvgIpc) is 2.66. The second kappa shape index (κ2) is 4.70. The maximum absolute atomic E-state index is 4.13. The largest absolute Gasteiger partial charge is 0.378 e. The molecule has 0 saturated carbocycles. The summed E-state index contributed by atoms with van der Waals surface area (Å²) in [7, 11) is 1.95. The van der Waals surface area contributed by atoms with E-state index >= 15 is 0 Å². The minimum atomic E-state index is 0.776. The Morgan fingerprint density at radius 3 is 2.88 bits per heavy atom. The Balaban J connectivity index is 2.10. The molecule has 1 N–H and O–H groups in total. The van der Waals surface area contributed by atoms with E-state index in [4.69, 9.17) is 0 Å². The van der Waals surface area contributed by atoms with Crippen molar-refractivity contribution in [3.05, 3.63) is 46.2 Å². The summed E-state index contributed by atoms with van der Waals surface area (Å²) in [5.74, 6) is 0. The van der Waals surface area contributed by atoms with Gasteiger partial charge in [0.15, 0.2) is 0 Å². The van der Waals surface area contributed by atoms with Crippen LogP contribution in [0.1, 0.15) is 11.3 Å². The molecule has 0 spiro atoms. The van der Waals surface area contributed by atoms with Crippen LogP contribution in [0.2, 0.25) is 0 Å². The monoisotopic (exact) mass is 279 g/mol. The fraction of sp³-hybridized carbons (Fsp3) is 0.250. The van der Waals surface area contributed by atoms with Crippen molar-refractivity contribution in [1.29, 1.82) is 0 Å². The molecule has 0 amide bonds. The fourth-order valence-electron chi connectivity index (χ4n) is 1.54. The maximum atomic E-state index is 4.13. The lowest BCUT2D eigenvalue weighted by Crippen LogP contribution is -2.05. The van der Waals surface area contributed by atoms with E-state index in [0.717, 1.165) is 22.4 Å². The molecule has 0 bridgehead atoms. The van der Waals surface area contributed by atoms with E-state index in [1.165, 1.54) is 5.56 Å². The molecule has 0 radical (unpaired) electrons. The maximum Gasteiger partial charge on any atom is 0.0571 e. The number of rotatable bonds is 3. The summed E-state index contributed by atoms with van der Waals surface area (Å²) in [6.45, 7) is 2.86. The van der Waals surface area contributed by atoms with Crippen molar-refractivity contribution in [2.75, 3.05) is 5.32 Å². The zero-order valence-corrected chi connectivity index (χ0v) is 11.0. The van der Waals surface area contributed by atoms with E-state index < -0.39 is 0 Å². The van der Waals surface area contributed by atoms with Crippen LogP contribution in [0.15, 0.2) is 34.9 Å². The van der Waals surface area contributed by atoms with Crippen LogP contribution in [0.3, 0.4) is 0 Å². The molecule has 1 aromatic carbocycles. The van der Waals surface area contributed by atoms with Crippen LogP contribution in [-0.4, -0.2) is 9.78 Å². The Morgan fingerprint density at radius 1 is 1.38 bits per heavy atom. The van der Waals surface area contributed by atoms with Gasteiger partial charge in [-0.3, -0.25) is 4.68 Å². The van der Waals surface area contributed by atoms with Crippen LogP contribution < -0.4 is 5.32 Å². The summed E-state index contributed by atoms with van der Waals surface area (Å²) in [6, 6.07) is 8.28. The number of hydrogen-bond acceptors (Lipinski definition) is 2. The van der Waals surface area contributed by atoms with Crippen LogP contribution in [0, 0.1) is 6.92 Å². The summed E-state index contributed by atoms with van der Waals surface area (Å²) >= 11 is 3.53. The molecule has 84 valence electrons. The molecule has 1 aromatic heterocycles. The van der Waals surface area contributed by atoms with Gasteiger partial charge in [0.1, 0.15) is 0 Å². The van der Waals surface area contributed by atoms with E-state index in [0.29, 0.717) is 0 Å². The first-order chi connectivity index (χ1) is 7.66. The van der Waals surface area contributed by atoms with E-state index in [2.05, 4.69) is 51.5 Å². The molecule has 4 heteroatoms. The highest BCUT2D eigenvalue weighted by molar-refractivity contribution is 9.10. The number of hydrogen-bond donors (Lipinski definition) is 1.